The Kier molecular flexibility index (Phi) is 8.17. The Bertz CT molecular complexity index is 655. The van der Waals surface area contributed by atoms with E-state index in [1.165, 1.54) is 0 Å². The lowest BCUT2D eigenvalue weighted by Gasteiger charge is -2.31. The van der Waals surface area contributed by atoms with Crippen LogP contribution in [0.1, 0.15) is 38.2 Å². The van der Waals surface area contributed by atoms with Crippen LogP contribution in [-0.2, 0) is 19.0 Å². The molecule has 1 aliphatic rings. The second-order valence-electron chi connectivity index (χ2n) is 6.24. The van der Waals surface area contributed by atoms with E-state index in [4.69, 9.17) is 37.4 Å². The molecule has 26 heavy (non-hydrogen) atoms. The highest BCUT2D eigenvalue weighted by Crippen LogP contribution is 2.34. The number of nitrogens with zero attached hydrogens (tertiary/aromatic N) is 1. The summed E-state index contributed by atoms with van der Waals surface area (Å²) in [7, 11) is 0. The molecule has 1 aromatic rings. The van der Waals surface area contributed by atoms with Crippen molar-refractivity contribution >= 4 is 29.2 Å². The summed E-state index contributed by atoms with van der Waals surface area (Å²) >= 11 is 12.1. The van der Waals surface area contributed by atoms with E-state index >= 15 is 0 Å². The number of esters is 1. The predicted octanol–water partition coefficient (Wildman–Crippen LogP) is 4.36. The lowest BCUT2D eigenvalue weighted by atomic mass is 9.83. The molecule has 142 valence electrons. The molecule has 1 aliphatic heterocycles. The first-order valence-electron chi connectivity index (χ1n) is 8.72. The van der Waals surface area contributed by atoms with Gasteiger partial charge in [0.05, 0.1) is 47.5 Å². The van der Waals surface area contributed by atoms with E-state index in [9.17, 15) is 10.1 Å². The quantitative estimate of drug-likeness (QED) is 0.636. The van der Waals surface area contributed by atoms with Gasteiger partial charge < -0.3 is 14.2 Å². The molecule has 0 radical (unpaired) electrons. The smallest absolute Gasteiger partial charge is 0.313 e. The predicted molar refractivity (Wildman–Crippen MR) is 99.3 cm³/mol. The number of ether oxygens (including phenoxy) is 3. The van der Waals surface area contributed by atoms with Crippen LogP contribution in [0.5, 0.6) is 0 Å². The Morgan fingerprint density at radius 1 is 1.42 bits per heavy atom. The number of carbonyl (C=O) groups is 1. The van der Waals surface area contributed by atoms with Gasteiger partial charge in [0, 0.05) is 6.61 Å². The zero-order valence-corrected chi connectivity index (χ0v) is 16.4. The molecule has 0 saturated carbocycles. The molecular formula is C19H23Cl2NO4. The summed E-state index contributed by atoms with van der Waals surface area (Å²) in [5.74, 6) is -2.00. The van der Waals surface area contributed by atoms with Crippen molar-refractivity contribution < 1.29 is 19.0 Å². The SMILES string of the molecule is CCOC(=O)C(C(C)OC1CCCOC1)C(C#N)c1ccc(Cl)c(Cl)c1. The van der Waals surface area contributed by atoms with E-state index in [-0.39, 0.29) is 12.7 Å². The van der Waals surface area contributed by atoms with Gasteiger partial charge in [-0.3, -0.25) is 4.79 Å². The van der Waals surface area contributed by atoms with Crippen LogP contribution in [0.25, 0.3) is 0 Å². The molecule has 4 unspecified atom stereocenters. The third kappa shape index (κ3) is 5.34. The molecule has 5 nitrogen and oxygen atoms in total. The minimum absolute atomic E-state index is 0.0937. The van der Waals surface area contributed by atoms with Crippen LogP contribution in [0.15, 0.2) is 18.2 Å². The molecule has 1 aromatic carbocycles. The maximum absolute atomic E-state index is 12.6. The zero-order valence-electron chi connectivity index (χ0n) is 14.9. The molecule has 2 rings (SSSR count). The number of benzene rings is 1. The molecule has 7 heteroatoms. The summed E-state index contributed by atoms with van der Waals surface area (Å²) in [6.45, 7) is 4.96. The lowest BCUT2D eigenvalue weighted by molar-refractivity contribution is -0.159. The average molecular weight is 400 g/mol. The first-order valence-corrected chi connectivity index (χ1v) is 9.47. The number of hydrogen-bond acceptors (Lipinski definition) is 5. The summed E-state index contributed by atoms with van der Waals surface area (Å²) in [5.41, 5.74) is 0.607. The van der Waals surface area contributed by atoms with Gasteiger partial charge in [0.15, 0.2) is 0 Å². The van der Waals surface area contributed by atoms with E-state index in [0.29, 0.717) is 22.2 Å². The third-order valence-electron chi connectivity index (χ3n) is 4.39. The van der Waals surface area contributed by atoms with Gasteiger partial charge in [-0.25, -0.2) is 0 Å². The topological polar surface area (TPSA) is 68.6 Å². The van der Waals surface area contributed by atoms with Crippen LogP contribution < -0.4 is 0 Å². The second kappa shape index (κ2) is 10.1. The number of nitriles is 1. The fourth-order valence-corrected chi connectivity index (χ4v) is 3.42. The molecule has 0 aliphatic carbocycles. The van der Waals surface area contributed by atoms with Crippen molar-refractivity contribution in [2.45, 2.75) is 44.8 Å². The van der Waals surface area contributed by atoms with Gasteiger partial charge in [-0.15, -0.1) is 0 Å². The van der Waals surface area contributed by atoms with Crippen molar-refractivity contribution in [2.75, 3.05) is 19.8 Å². The van der Waals surface area contributed by atoms with Crippen LogP contribution in [0, 0.1) is 17.2 Å². The molecule has 1 fully saturated rings. The van der Waals surface area contributed by atoms with Crippen molar-refractivity contribution in [3.05, 3.63) is 33.8 Å². The summed E-state index contributed by atoms with van der Waals surface area (Å²) in [6.07, 6.45) is 1.17. The molecule has 4 atom stereocenters. The van der Waals surface area contributed by atoms with Crippen molar-refractivity contribution in [1.82, 2.24) is 0 Å². The van der Waals surface area contributed by atoms with E-state index in [0.717, 1.165) is 19.4 Å². The largest absolute Gasteiger partial charge is 0.466 e. The Hall–Kier alpha value is -1.32. The summed E-state index contributed by atoms with van der Waals surface area (Å²) in [5, 5.41) is 10.5. The van der Waals surface area contributed by atoms with Crippen LogP contribution >= 0.6 is 23.2 Å². The number of rotatable bonds is 7. The van der Waals surface area contributed by atoms with Gasteiger partial charge in [-0.05, 0) is 44.4 Å². The van der Waals surface area contributed by atoms with Crippen molar-refractivity contribution in [3.8, 4) is 6.07 Å². The Morgan fingerprint density at radius 2 is 2.19 bits per heavy atom. The van der Waals surface area contributed by atoms with Crippen molar-refractivity contribution in [1.29, 1.82) is 5.26 Å². The maximum Gasteiger partial charge on any atom is 0.313 e. The molecule has 0 spiro atoms. The van der Waals surface area contributed by atoms with Crippen LogP contribution in [0.2, 0.25) is 10.0 Å². The standard InChI is InChI=1S/C19H23Cl2NO4/c1-3-25-19(23)18(12(2)26-14-5-4-8-24-11-14)15(10-22)13-6-7-16(20)17(21)9-13/h6-7,9,12,14-15,18H,3-5,8,11H2,1-2H3. The molecule has 0 bridgehead atoms. The first-order chi connectivity index (χ1) is 12.5. The van der Waals surface area contributed by atoms with Crippen molar-refractivity contribution in [3.63, 3.8) is 0 Å². The van der Waals surface area contributed by atoms with Crippen LogP contribution in [0.3, 0.4) is 0 Å². The Balaban J connectivity index is 2.26. The molecule has 1 heterocycles. The lowest BCUT2D eigenvalue weighted by Crippen LogP contribution is -2.39. The van der Waals surface area contributed by atoms with E-state index in [1.807, 2.05) is 0 Å². The molecule has 0 amide bonds. The number of halogens is 2. The normalized spacial score (nSPS) is 20.7. The van der Waals surface area contributed by atoms with Gasteiger partial charge in [-0.1, -0.05) is 29.3 Å². The minimum atomic E-state index is -0.779. The first kappa shape index (κ1) is 21.0. The molecular weight excluding hydrogens is 377 g/mol. The zero-order chi connectivity index (χ0) is 19.1. The number of hydrogen-bond donors (Lipinski definition) is 0. The highest BCUT2D eigenvalue weighted by molar-refractivity contribution is 6.42. The Labute approximate surface area is 164 Å². The highest BCUT2D eigenvalue weighted by atomic mass is 35.5. The molecule has 1 saturated heterocycles. The summed E-state index contributed by atoms with van der Waals surface area (Å²) in [6, 6.07) is 7.14. The van der Waals surface area contributed by atoms with Crippen LogP contribution in [0.4, 0.5) is 0 Å². The Morgan fingerprint density at radius 3 is 2.77 bits per heavy atom. The van der Waals surface area contributed by atoms with Gasteiger partial charge in [0.25, 0.3) is 0 Å². The monoisotopic (exact) mass is 399 g/mol. The molecule has 0 N–H and O–H groups in total. The minimum Gasteiger partial charge on any atom is -0.466 e. The van der Waals surface area contributed by atoms with Crippen molar-refractivity contribution in [2.24, 2.45) is 5.92 Å². The number of carbonyl (C=O) groups excluding carboxylic acids is 1. The second-order valence-corrected chi connectivity index (χ2v) is 7.05. The van der Waals surface area contributed by atoms with E-state index < -0.39 is 23.9 Å². The third-order valence-corrected chi connectivity index (χ3v) is 5.13. The fraction of sp³-hybridized carbons (Fsp3) is 0.579. The van der Waals surface area contributed by atoms with Gasteiger partial charge in [0.1, 0.15) is 5.92 Å². The fourth-order valence-electron chi connectivity index (χ4n) is 3.11. The van der Waals surface area contributed by atoms with E-state index in [1.54, 1.807) is 32.0 Å². The van der Waals surface area contributed by atoms with E-state index in [2.05, 4.69) is 6.07 Å². The highest BCUT2D eigenvalue weighted by Gasteiger charge is 2.38. The average Bonchev–Trinajstić information content (AvgIpc) is 2.62. The summed E-state index contributed by atoms with van der Waals surface area (Å²) in [4.78, 5) is 12.6. The summed E-state index contributed by atoms with van der Waals surface area (Å²) < 4.78 is 16.7. The van der Waals surface area contributed by atoms with Gasteiger partial charge in [-0.2, -0.15) is 5.26 Å². The van der Waals surface area contributed by atoms with Gasteiger partial charge in [0.2, 0.25) is 0 Å². The van der Waals surface area contributed by atoms with Gasteiger partial charge >= 0.3 is 5.97 Å². The van der Waals surface area contributed by atoms with Crippen LogP contribution in [-0.4, -0.2) is 38.0 Å². The maximum atomic E-state index is 12.6. The molecule has 0 aromatic heterocycles.